The summed E-state index contributed by atoms with van der Waals surface area (Å²) in [5, 5.41) is 15.3. The Morgan fingerprint density at radius 2 is 1.90 bits per heavy atom. The lowest BCUT2D eigenvalue weighted by Gasteiger charge is -2.31. The van der Waals surface area contributed by atoms with E-state index in [4.69, 9.17) is 9.47 Å². The van der Waals surface area contributed by atoms with E-state index in [9.17, 15) is 14.9 Å². The van der Waals surface area contributed by atoms with Gasteiger partial charge in [0.15, 0.2) is 11.5 Å². The smallest absolute Gasteiger partial charge is 0.235 e. The Hall–Kier alpha value is -2.79. The van der Waals surface area contributed by atoms with Crippen molar-refractivity contribution in [3.05, 3.63) is 18.2 Å². The van der Waals surface area contributed by atoms with E-state index in [-0.39, 0.29) is 31.1 Å². The molecule has 154 valence electrons. The van der Waals surface area contributed by atoms with Crippen LogP contribution in [0.4, 0.5) is 5.69 Å². The van der Waals surface area contributed by atoms with E-state index in [0.717, 1.165) is 25.7 Å². The molecule has 0 atom stereocenters. The summed E-state index contributed by atoms with van der Waals surface area (Å²) in [6.07, 6.45) is 4.84. The zero-order valence-electron chi connectivity index (χ0n) is 16.4. The van der Waals surface area contributed by atoms with E-state index < -0.39 is 5.54 Å². The molecule has 1 saturated heterocycles. The number of nitrogens with one attached hydrogen (secondary N) is 2. The van der Waals surface area contributed by atoms with E-state index in [0.29, 0.717) is 43.1 Å². The molecule has 0 bridgehead atoms. The zero-order chi connectivity index (χ0) is 20.3. The van der Waals surface area contributed by atoms with Crippen molar-refractivity contribution in [2.45, 2.75) is 44.1 Å². The second-order valence-electron chi connectivity index (χ2n) is 8.06. The van der Waals surface area contributed by atoms with Crippen LogP contribution in [0.3, 0.4) is 0 Å². The number of fused-ring (bicyclic) bond motifs is 1. The van der Waals surface area contributed by atoms with Crippen molar-refractivity contribution < 1.29 is 19.1 Å². The fraction of sp³-hybridized carbons (Fsp3) is 0.571. The van der Waals surface area contributed by atoms with Crippen molar-refractivity contribution >= 4 is 17.5 Å². The first-order chi connectivity index (χ1) is 14.1. The van der Waals surface area contributed by atoms with Crippen LogP contribution in [-0.4, -0.2) is 48.7 Å². The highest BCUT2D eigenvalue weighted by Crippen LogP contribution is 2.34. The number of hydrogen-bond donors (Lipinski definition) is 2. The second-order valence-corrected chi connectivity index (χ2v) is 8.06. The number of carbonyl (C=O) groups excluding carboxylic acids is 2. The van der Waals surface area contributed by atoms with Crippen LogP contribution >= 0.6 is 0 Å². The van der Waals surface area contributed by atoms with Crippen LogP contribution in [0.5, 0.6) is 11.5 Å². The molecule has 2 aliphatic heterocycles. The van der Waals surface area contributed by atoms with Gasteiger partial charge in [-0.3, -0.25) is 14.5 Å². The molecule has 0 aromatic heterocycles. The summed E-state index contributed by atoms with van der Waals surface area (Å²) in [5.74, 6) is 1.13. The minimum absolute atomic E-state index is 0.0117. The number of anilines is 1. The molecule has 1 saturated carbocycles. The molecule has 0 unspecified atom stereocenters. The first-order valence-corrected chi connectivity index (χ1v) is 10.2. The highest BCUT2D eigenvalue weighted by Gasteiger charge is 2.36. The van der Waals surface area contributed by atoms with Crippen LogP contribution in [0.25, 0.3) is 0 Å². The highest BCUT2D eigenvalue weighted by molar-refractivity contribution is 5.93. The molecule has 0 spiro atoms. The molecule has 2 heterocycles. The van der Waals surface area contributed by atoms with Crippen LogP contribution in [0, 0.1) is 17.2 Å². The van der Waals surface area contributed by atoms with Crippen LogP contribution in [0.1, 0.15) is 38.5 Å². The van der Waals surface area contributed by atoms with Crippen LogP contribution < -0.4 is 20.1 Å². The third kappa shape index (κ3) is 4.46. The topological polar surface area (TPSA) is 104 Å². The number of rotatable bonds is 5. The number of nitriles is 1. The molecule has 3 aliphatic rings. The minimum atomic E-state index is -0.681. The molecule has 0 radical (unpaired) electrons. The first-order valence-electron chi connectivity index (χ1n) is 10.2. The average Bonchev–Trinajstić information content (AvgIpc) is 3.38. The number of piperidine rings is 1. The largest absolute Gasteiger partial charge is 0.454 e. The monoisotopic (exact) mass is 398 g/mol. The number of carbonyl (C=O) groups is 2. The number of benzene rings is 1. The Morgan fingerprint density at radius 3 is 2.62 bits per heavy atom. The van der Waals surface area contributed by atoms with Gasteiger partial charge in [-0.1, -0.05) is 0 Å². The summed E-state index contributed by atoms with van der Waals surface area (Å²) >= 11 is 0. The van der Waals surface area contributed by atoms with Crippen molar-refractivity contribution in [2.24, 2.45) is 5.92 Å². The van der Waals surface area contributed by atoms with Gasteiger partial charge in [0, 0.05) is 17.7 Å². The lowest BCUT2D eigenvalue weighted by atomic mass is 9.95. The van der Waals surface area contributed by atoms with Gasteiger partial charge in [-0.05, 0) is 63.7 Å². The van der Waals surface area contributed by atoms with E-state index in [1.54, 1.807) is 18.2 Å². The third-order valence-corrected chi connectivity index (χ3v) is 6.02. The average molecular weight is 398 g/mol. The van der Waals surface area contributed by atoms with Crippen LogP contribution in [0.2, 0.25) is 0 Å². The van der Waals surface area contributed by atoms with Gasteiger partial charge in [0.05, 0.1) is 12.6 Å². The molecule has 2 N–H and O–H groups in total. The summed E-state index contributed by atoms with van der Waals surface area (Å²) in [7, 11) is 0. The fourth-order valence-electron chi connectivity index (χ4n) is 4.32. The first kappa shape index (κ1) is 19.5. The summed E-state index contributed by atoms with van der Waals surface area (Å²) < 4.78 is 10.6. The standard InChI is InChI=1S/C21H26N4O4/c22-13-21(7-1-2-8-21)24-19(26)12-25-9-5-15(6-10-25)20(27)23-16-3-4-17-18(11-16)29-14-28-17/h3-4,11,15H,1-2,5-10,12,14H2,(H,23,27)(H,24,26). The summed E-state index contributed by atoms with van der Waals surface area (Å²) in [6.45, 7) is 1.85. The number of hydrogen-bond acceptors (Lipinski definition) is 6. The Bertz CT molecular complexity index is 820. The van der Waals surface area contributed by atoms with E-state index in [1.165, 1.54) is 0 Å². The summed E-state index contributed by atoms with van der Waals surface area (Å²) in [4.78, 5) is 27.0. The molecular weight excluding hydrogens is 372 g/mol. The minimum Gasteiger partial charge on any atom is -0.454 e. The normalized spacial score (nSPS) is 20.8. The molecule has 2 amide bonds. The predicted octanol–water partition coefficient (Wildman–Crippen LogP) is 2.02. The molecule has 8 heteroatoms. The van der Waals surface area contributed by atoms with Crippen molar-refractivity contribution in [3.8, 4) is 17.6 Å². The maximum absolute atomic E-state index is 12.6. The Kier molecular flexibility index (Phi) is 5.58. The van der Waals surface area contributed by atoms with Crippen molar-refractivity contribution in [1.29, 1.82) is 5.26 Å². The molecule has 1 aliphatic carbocycles. The zero-order valence-corrected chi connectivity index (χ0v) is 16.4. The Balaban J connectivity index is 1.23. The molecule has 2 fully saturated rings. The number of nitrogens with zero attached hydrogens (tertiary/aromatic N) is 2. The molecule has 8 nitrogen and oxygen atoms in total. The van der Waals surface area contributed by atoms with Gasteiger partial charge in [-0.15, -0.1) is 0 Å². The van der Waals surface area contributed by atoms with Gasteiger partial charge < -0.3 is 20.1 Å². The second kappa shape index (κ2) is 8.29. The van der Waals surface area contributed by atoms with Crippen LogP contribution in [-0.2, 0) is 9.59 Å². The number of amides is 2. The molecule has 1 aromatic rings. The van der Waals surface area contributed by atoms with E-state index in [1.807, 2.05) is 0 Å². The fourth-order valence-corrected chi connectivity index (χ4v) is 4.32. The lowest BCUT2D eigenvalue weighted by molar-refractivity contribution is -0.124. The summed E-state index contributed by atoms with van der Waals surface area (Å²) in [6, 6.07) is 7.65. The van der Waals surface area contributed by atoms with Crippen molar-refractivity contribution in [3.63, 3.8) is 0 Å². The van der Waals surface area contributed by atoms with Gasteiger partial charge in [-0.2, -0.15) is 5.26 Å². The molecular formula is C21H26N4O4. The van der Waals surface area contributed by atoms with Crippen molar-refractivity contribution in [2.75, 3.05) is 31.7 Å². The number of ether oxygens (including phenoxy) is 2. The molecule has 4 rings (SSSR count). The van der Waals surface area contributed by atoms with Gasteiger partial charge >= 0.3 is 0 Å². The number of likely N-dealkylation sites (tertiary alicyclic amines) is 1. The SMILES string of the molecule is N#CC1(NC(=O)CN2CCC(C(=O)Nc3ccc4c(c3)OCO4)CC2)CCCC1. The summed E-state index contributed by atoms with van der Waals surface area (Å²) in [5.41, 5.74) is 0.0133. The van der Waals surface area contributed by atoms with Gasteiger partial charge in [0.2, 0.25) is 18.6 Å². The predicted molar refractivity (Wildman–Crippen MR) is 105 cm³/mol. The van der Waals surface area contributed by atoms with E-state index in [2.05, 4.69) is 21.6 Å². The highest BCUT2D eigenvalue weighted by atomic mass is 16.7. The van der Waals surface area contributed by atoms with Gasteiger partial charge in [-0.25, -0.2) is 0 Å². The lowest BCUT2D eigenvalue weighted by Crippen LogP contribution is -2.50. The van der Waals surface area contributed by atoms with E-state index >= 15 is 0 Å². The third-order valence-electron chi connectivity index (χ3n) is 6.02. The van der Waals surface area contributed by atoms with Crippen molar-refractivity contribution in [1.82, 2.24) is 10.2 Å². The molecule has 29 heavy (non-hydrogen) atoms. The quantitative estimate of drug-likeness (QED) is 0.786. The Morgan fingerprint density at radius 1 is 1.17 bits per heavy atom. The van der Waals surface area contributed by atoms with Gasteiger partial charge in [0.1, 0.15) is 5.54 Å². The van der Waals surface area contributed by atoms with Gasteiger partial charge in [0.25, 0.3) is 0 Å². The maximum Gasteiger partial charge on any atom is 0.235 e. The van der Waals surface area contributed by atoms with Crippen LogP contribution in [0.15, 0.2) is 18.2 Å². The molecule has 1 aromatic carbocycles. The maximum atomic E-state index is 12.6. The Labute approximate surface area is 170 Å².